The molecule has 0 unspecified atom stereocenters. The fourth-order valence-corrected chi connectivity index (χ4v) is 5.17. The third-order valence-electron chi connectivity index (χ3n) is 5.57. The van der Waals surface area contributed by atoms with E-state index in [1.54, 1.807) is 6.33 Å². The molecule has 0 spiro atoms. The molecule has 1 fully saturated rings. The second-order valence-corrected chi connectivity index (χ2v) is 8.79. The maximum atomic E-state index is 5.66. The van der Waals surface area contributed by atoms with Gasteiger partial charge in [-0.15, -0.1) is 11.3 Å². The first-order valence-electron chi connectivity index (χ1n) is 9.70. The lowest BCUT2D eigenvalue weighted by Gasteiger charge is -2.29. The highest BCUT2D eigenvalue weighted by molar-refractivity contribution is 7.10. The first-order chi connectivity index (χ1) is 13.1. The van der Waals surface area contributed by atoms with Crippen LogP contribution < -0.4 is 9.80 Å². The van der Waals surface area contributed by atoms with Crippen LogP contribution in [0.3, 0.4) is 0 Å². The van der Waals surface area contributed by atoms with Gasteiger partial charge in [0.1, 0.15) is 18.0 Å². The summed E-state index contributed by atoms with van der Waals surface area (Å²) in [6.45, 7) is 3.87. The van der Waals surface area contributed by atoms with Gasteiger partial charge in [0.05, 0.1) is 6.10 Å². The first-order valence-corrected chi connectivity index (χ1v) is 10.6. The Morgan fingerprint density at radius 2 is 2.15 bits per heavy atom. The summed E-state index contributed by atoms with van der Waals surface area (Å²) >= 11 is 1.88. The largest absolute Gasteiger partial charge is 0.380 e. The summed E-state index contributed by atoms with van der Waals surface area (Å²) in [6.07, 6.45) is 5.37. The Morgan fingerprint density at radius 3 is 2.96 bits per heavy atom. The predicted octanol–water partition coefficient (Wildman–Crippen LogP) is 2.65. The van der Waals surface area contributed by atoms with E-state index in [4.69, 9.17) is 4.74 Å². The Bertz CT molecular complexity index is 764. The minimum absolute atomic E-state index is 0.264. The van der Waals surface area contributed by atoms with Gasteiger partial charge in [0.15, 0.2) is 0 Å². The summed E-state index contributed by atoms with van der Waals surface area (Å²) in [7, 11) is 6.06. The zero-order chi connectivity index (χ0) is 18.8. The summed E-state index contributed by atoms with van der Waals surface area (Å²) in [5, 5.41) is 2.21. The minimum Gasteiger partial charge on any atom is -0.380 e. The summed E-state index contributed by atoms with van der Waals surface area (Å²) in [6, 6.07) is 4.84. The van der Waals surface area contributed by atoms with E-state index in [2.05, 4.69) is 56.3 Å². The number of fused-ring (bicyclic) bond motifs is 1. The number of ether oxygens (including phenoxy) is 1. The zero-order valence-corrected chi connectivity index (χ0v) is 17.3. The van der Waals surface area contributed by atoms with Crippen LogP contribution in [0.5, 0.6) is 0 Å². The van der Waals surface area contributed by atoms with Crippen molar-refractivity contribution in [2.24, 2.45) is 0 Å². The van der Waals surface area contributed by atoms with Crippen molar-refractivity contribution < 1.29 is 4.74 Å². The topological polar surface area (TPSA) is 44.7 Å². The molecule has 0 radical (unpaired) electrons. The lowest BCUT2D eigenvalue weighted by atomic mass is 10.2. The molecule has 0 aromatic carbocycles. The van der Waals surface area contributed by atoms with E-state index in [1.165, 1.54) is 23.3 Å². The van der Waals surface area contributed by atoms with Gasteiger partial charge in [-0.25, -0.2) is 9.97 Å². The lowest BCUT2D eigenvalue weighted by Crippen LogP contribution is -2.38. The molecular weight excluding hydrogens is 358 g/mol. The normalized spacial score (nSPS) is 23.0. The number of hydrogen-bond acceptors (Lipinski definition) is 7. The average Bonchev–Trinajstić information content (AvgIpc) is 3.22. The Morgan fingerprint density at radius 1 is 1.30 bits per heavy atom. The van der Waals surface area contributed by atoms with Gasteiger partial charge in [-0.2, -0.15) is 0 Å². The van der Waals surface area contributed by atoms with E-state index in [0.29, 0.717) is 6.04 Å². The number of nitrogens with zero attached hydrogens (tertiary/aromatic N) is 5. The fourth-order valence-electron chi connectivity index (χ4n) is 4.22. The average molecular weight is 388 g/mol. The maximum absolute atomic E-state index is 5.66. The van der Waals surface area contributed by atoms with E-state index in [1.807, 2.05) is 18.4 Å². The highest BCUT2D eigenvalue weighted by Gasteiger charge is 2.33. The molecule has 2 aliphatic rings. The van der Waals surface area contributed by atoms with E-state index in [9.17, 15) is 0 Å². The number of hydrogen-bond donors (Lipinski definition) is 0. The molecule has 2 aromatic heterocycles. The van der Waals surface area contributed by atoms with Crippen molar-refractivity contribution in [1.29, 1.82) is 0 Å². The molecule has 4 heterocycles. The van der Waals surface area contributed by atoms with Gasteiger partial charge < -0.3 is 19.4 Å². The highest BCUT2D eigenvalue weighted by Crippen LogP contribution is 2.30. The molecule has 1 saturated heterocycles. The minimum atomic E-state index is 0.264. The third kappa shape index (κ3) is 4.10. The molecule has 0 aliphatic carbocycles. The Hall–Kier alpha value is -1.70. The molecule has 146 valence electrons. The van der Waals surface area contributed by atoms with E-state index in [0.717, 1.165) is 44.2 Å². The molecule has 0 N–H and O–H groups in total. The predicted molar refractivity (Wildman–Crippen MR) is 111 cm³/mol. The molecule has 4 rings (SSSR count). The maximum Gasteiger partial charge on any atom is 0.134 e. The van der Waals surface area contributed by atoms with E-state index < -0.39 is 0 Å². The third-order valence-corrected chi connectivity index (χ3v) is 6.60. The van der Waals surface area contributed by atoms with Crippen LogP contribution in [0.1, 0.15) is 23.3 Å². The molecule has 2 atom stereocenters. The number of rotatable bonds is 5. The molecule has 2 aromatic rings. The summed E-state index contributed by atoms with van der Waals surface area (Å²) in [5.74, 6) is 2.05. The number of methoxy groups -OCH3 is 1. The van der Waals surface area contributed by atoms with Crippen LogP contribution in [-0.2, 0) is 17.7 Å². The molecule has 0 bridgehead atoms. The Kier molecular flexibility index (Phi) is 5.61. The summed E-state index contributed by atoms with van der Waals surface area (Å²) < 4.78 is 5.66. The first kappa shape index (κ1) is 18.7. The van der Waals surface area contributed by atoms with E-state index >= 15 is 0 Å². The second kappa shape index (κ2) is 8.12. The van der Waals surface area contributed by atoms with E-state index in [-0.39, 0.29) is 6.10 Å². The lowest BCUT2D eigenvalue weighted by molar-refractivity contribution is 0.117. The van der Waals surface area contributed by atoms with Crippen LogP contribution in [0.25, 0.3) is 0 Å². The fraction of sp³-hybridized carbons (Fsp3) is 0.600. The highest BCUT2D eigenvalue weighted by atomic mass is 32.1. The number of thiophene rings is 1. The van der Waals surface area contributed by atoms with Crippen molar-refractivity contribution in [3.8, 4) is 0 Å². The SMILES string of the molecule is CO[C@H]1C[C@@H](CN(C)C)N(c2cc(N3CCCc4sccc4C3)ncn2)C1. The van der Waals surface area contributed by atoms with Crippen molar-refractivity contribution in [2.45, 2.75) is 38.0 Å². The standard InChI is InChI=1S/C20H29N5OS/c1-23(2)12-16-9-17(26-3)13-25(16)20-10-19(21-14-22-20)24-7-4-5-18-15(11-24)6-8-27-18/h6,8,10,14,16-17H,4-5,7,9,11-13H2,1-3H3/t16-,17-/m0/s1. The quantitative estimate of drug-likeness (QED) is 0.786. The van der Waals surface area contributed by atoms with Gasteiger partial charge >= 0.3 is 0 Å². The van der Waals surface area contributed by atoms with Gasteiger partial charge in [0.2, 0.25) is 0 Å². The summed E-state index contributed by atoms with van der Waals surface area (Å²) in [4.78, 5) is 17.8. The van der Waals surface area contributed by atoms with Gasteiger partial charge in [-0.1, -0.05) is 0 Å². The zero-order valence-electron chi connectivity index (χ0n) is 16.5. The van der Waals surface area contributed by atoms with Crippen LogP contribution in [0, 0.1) is 0 Å². The van der Waals surface area contributed by atoms with Crippen molar-refractivity contribution in [3.05, 3.63) is 34.3 Å². The Labute approximate surface area is 165 Å². The molecule has 7 heteroatoms. The van der Waals surface area contributed by atoms with Gasteiger partial charge in [-0.05, 0) is 50.4 Å². The number of likely N-dealkylation sites (N-methyl/N-ethyl adjacent to an activating group) is 1. The molecular formula is C20H29N5OS. The molecule has 0 amide bonds. The van der Waals surface area contributed by atoms with Gasteiger partial charge in [0.25, 0.3) is 0 Å². The smallest absolute Gasteiger partial charge is 0.134 e. The number of anilines is 2. The van der Waals surface area contributed by atoms with Crippen LogP contribution in [-0.4, -0.2) is 67.9 Å². The molecule has 0 saturated carbocycles. The molecule has 27 heavy (non-hydrogen) atoms. The van der Waals surface area contributed by atoms with Gasteiger partial charge in [0, 0.05) is 50.3 Å². The summed E-state index contributed by atoms with van der Waals surface area (Å²) in [5.41, 5.74) is 1.45. The van der Waals surface area contributed by atoms with Crippen LogP contribution in [0.2, 0.25) is 0 Å². The van der Waals surface area contributed by atoms with Crippen molar-refractivity contribution >= 4 is 23.0 Å². The second-order valence-electron chi connectivity index (χ2n) is 7.79. The van der Waals surface area contributed by atoms with Crippen molar-refractivity contribution in [3.63, 3.8) is 0 Å². The number of aryl methyl sites for hydroxylation is 1. The van der Waals surface area contributed by atoms with Crippen LogP contribution in [0.4, 0.5) is 11.6 Å². The Balaban J connectivity index is 1.56. The number of aromatic nitrogens is 2. The van der Waals surface area contributed by atoms with Crippen molar-refractivity contribution in [2.75, 3.05) is 50.6 Å². The van der Waals surface area contributed by atoms with Gasteiger partial charge in [-0.3, -0.25) is 0 Å². The van der Waals surface area contributed by atoms with Crippen molar-refractivity contribution in [1.82, 2.24) is 14.9 Å². The monoisotopic (exact) mass is 387 g/mol. The van der Waals surface area contributed by atoms with Crippen LogP contribution in [0.15, 0.2) is 23.8 Å². The molecule has 2 aliphatic heterocycles. The van der Waals surface area contributed by atoms with Crippen LogP contribution >= 0.6 is 11.3 Å². The molecule has 6 nitrogen and oxygen atoms in total.